The maximum Gasteiger partial charge on any atom is 0.275 e. The summed E-state index contributed by atoms with van der Waals surface area (Å²) in [4.78, 5) is 43.9. The number of amides is 2. The lowest BCUT2D eigenvalue weighted by Gasteiger charge is -2.54. The second-order valence-electron chi connectivity index (χ2n) is 10.6. The van der Waals surface area contributed by atoms with E-state index in [0.717, 1.165) is 30.5 Å². The van der Waals surface area contributed by atoms with Crippen molar-refractivity contribution < 1.29 is 23.1 Å². The lowest BCUT2D eigenvalue weighted by atomic mass is 9.89. The minimum atomic E-state index is -0.708. The van der Waals surface area contributed by atoms with Crippen molar-refractivity contribution in [2.45, 2.75) is 63.6 Å². The summed E-state index contributed by atoms with van der Waals surface area (Å²) in [5.74, 6) is -1.89. The Hall–Kier alpha value is -4.05. The van der Waals surface area contributed by atoms with Crippen LogP contribution < -0.4 is 15.5 Å². The molecule has 3 atom stereocenters. The van der Waals surface area contributed by atoms with Gasteiger partial charge in [0.15, 0.2) is 11.4 Å². The summed E-state index contributed by atoms with van der Waals surface area (Å²) in [6, 6.07) is 13.8. The summed E-state index contributed by atoms with van der Waals surface area (Å²) < 4.78 is 35.1. The third-order valence-electron chi connectivity index (χ3n) is 8.16. The van der Waals surface area contributed by atoms with Crippen LogP contribution >= 0.6 is 0 Å². The van der Waals surface area contributed by atoms with E-state index in [1.807, 2.05) is 30.3 Å². The van der Waals surface area contributed by atoms with Crippen LogP contribution in [0.5, 0.6) is 5.75 Å². The lowest BCUT2D eigenvalue weighted by molar-refractivity contribution is -0.139. The van der Waals surface area contributed by atoms with Gasteiger partial charge in [0.05, 0.1) is 12.6 Å². The number of nitrogens with zero attached hydrogens (tertiary/aromatic N) is 3. The summed E-state index contributed by atoms with van der Waals surface area (Å²) in [7, 11) is 0. The molecule has 1 unspecified atom stereocenters. The molecule has 40 heavy (non-hydrogen) atoms. The second-order valence-corrected chi connectivity index (χ2v) is 10.6. The van der Waals surface area contributed by atoms with Crippen LogP contribution in [0.15, 0.2) is 65.6 Å². The van der Waals surface area contributed by atoms with Gasteiger partial charge in [-0.2, -0.15) is 0 Å². The van der Waals surface area contributed by atoms with Gasteiger partial charge in [0.1, 0.15) is 24.4 Å². The first-order valence-electron chi connectivity index (χ1n) is 13.6. The quantitative estimate of drug-likeness (QED) is 0.511. The van der Waals surface area contributed by atoms with E-state index >= 15 is 0 Å². The van der Waals surface area contributed by atoms with Crippen molar-refractivity contribution in [2.24, 2.45) is 0 Å². The molecule has 2 saturated heterocycles. The normalized spacial score (nSPS) is 22.2. The molecule has 4 heterocycles. The van der Waals surface area contributed by atoms with Gasteiger partial charge in [-0.15, -0.1) is 0 Å². The van der Waals surface area contributed by atoms with E-state index in [0.29, 0.717) is 25.9 Å². The molecule has 3 aromatic rings. The summed E-state index contributed by atoms with van der Waals surface area (Å²) in [6.45, 7) is 1.01. The lowest BCUT2D eigenvalue weighted by Crippen LogP contribution is -2.69. The number of pyridine rings is 1. The first kappa shape index (κ1) is 26.2. The molecule has 8 nitrogen and oxygen atoms in total. The molecule has 10 heteroatoms. The number of hydrogen-bond acceptors (Lipinski definition) is 5. The molecule has 2 aromatic carbocycles. The second kappa shape index (κ2) is 10.8. The average Bonchev–Trinajstić information content (AvgIpc) is 2.96. The molecular formula is C30H30F2N4O4. The highest BCUT2D eigenvalue weighted by molar-refractivity contribution is 5.96. The average molecular weight is 549 g/mol. The summed E-state index contributed by atoms with van der Waals surface area (Å²) >= 11 is 0. The van der Waals surface area contributed by atoms with Gasteiger partial charge in [-0.05, 0) is 37.3 Å². The largest absolute Gasteiger partial charge is 0.483 e. The number of hydrogen-bond donors (Lipinski definition) is 1. The number of benzene rings is 2. The molecule has 0 saturated carbocycles. The molecule has 1 N–H and O–H groups in total. The highest BCUT2D eigenvalue weighted by atomic mass is 19.1. The van der Waals surface area contributed by atoms with Gasteiger partial charge in [0.2, 0.25) is 11.3 Å². The smallest absolute Gasteiger partial charge is 0.275 e. The molecule has 0 spiro atoms. The fourth-order valence-electron chi connectivity index (χ4n) is 6.21. The van der Waals surface area contributed by atoms with Crippen molar-refractivity contribution in [3.8, 4) is 5.75 Å². The molecular weight excluding hydrogens is 518 g/mol. The van der Waals surface area contributed by atoms with Crippen LogP contribution in [-0.4, -0.2) is 51.0 Å². The molecule has 2 fully saturated rings. The molecule has 1 aromatic heterocycles. The molecule has 0 aliphatic carbocycles. The first-order chi connectivity index (χ1) is 19.4. The van der Waals surface area contributed by atoms with Gasteiger partial charge < -0.3 is 19.5 Å². The zero-order chi connectivity index (χ0) is 27.8. The van der Waals surface area contributed by atoms with Gasteiger partial charge >= 0.3 is 0 Å². The Morgan fingerprint density at radius 3 is 2.65 bits per heavy atom. The minimum absolute atomic E-state index is 0.0335. The van der Waals surface area contributed by atoms with E-state index in [-0.39, 0.29) is 59.6 Å². The topological polar surface area (TPSA) is 83.9 Å². The number of halogens is 2. The molecule has 2 amide bonds. The van der Waals surface area contributed by atoms with Crippen LogP contribution in [0.25, 0.3) is 0 Å². The highest BCUT2D eigenvalue weighted by Gasteiger charge is 2.48. The molecule has 0 radical (unpaired) electrons. The Labute approximate surface area is 230 Å². The van der Waals surface area contributed by atoms with E-state index in [1.54, 1.807) is 15.7 Å². The van der Waals surface area contributed by atoms with Crippen LogP contribution in [0.4, 0.5) is 8.78 Å². The van der Waals surface area contributed by atoms with E-state index in [1.165, 1.54) is 12.1 Å². The van der Waals surface area contributed by atoms with Crippen molar-refractivity contribution in [3.63, 3.8) is 0 Å². The van der Waals surface area contributed by atoms with Crippen LogP contribution in [0, 0.1) is 11.6 Å². The molecule has 0 bridgehead atoms. The van der Waals surface area contributed by atoms with Crippen LogP contribution in [-0.2, 0) is 24.5 Å². The number of rotatable bonds is 6. The number of piperidine rings is 1. The molecule has 3 aliphatic heterocycles. The Balaban J connectivity index is 1.24. The maximum atomic E-state index is 14.1. The van der Waals surface area contributed by atoms with Crippen LogP contribution in [0.3, 0.4) is 0 Å². The Morgan fingerprint density at radius 1 is 1.02 bits per heavy atom. The van der Waals surface area contributed by atoms with Crippen LogP contribution in [0.2, 0.25) is 0 Å². The fraction of sp³-hybridized carbons (Fsp3) is 0.367. The van der Waals surface area contributed by atoms with Crippen molar-refractivity contribution in [1.29, 1.82) is 0 Å². The van der Waals surface area contributed by atoms with Crippen molar-refractivity contribution in [2.75, 3.05) is 6.54 Å². The Kier molecular flexibility index (Phi) is 7.10. The Morgan fingerprint density at radius 2 is 1.85 bits per heavy atom. The van der Waals surface area contributed by atoms with Crippen LogP contribution in [0.1, 0.15) is 47.3 Å². The molecule has 6 rings (SSSR count). The SMILES string of the molecule is O=C(NCc1ccc(F)cc1F)C1CCC[C@@H]2CCN3C(=O)c4c(OCc5ccccc5)c(=O)ccn4C[C@@H]3N12. The van der Waals surface area contributed by atoms with E-state index in [9.17, 15) is 23.2 Å². The zero-order valence-corrected chi connectivity index (χ0v) is 21.9. The Bertz CT molecular complexity index is 1490. The zero-order valence-electron chi connectivity index (χ0n) is 21.9. The van der Waals surface area contributed by atoms with E-state index < -0.39 is 17.7 Å². The van der Waals surface area contributed by atoms with Gasteiger partial charge in [-0.25, -0.2) is 8.78 Å². The number of nitrogens with one attached hydrogen (secondary N) is 1. The summed E-state index contributed by atoms with van der Waals surface area (Å²) in [5, 5.41) is 2.82. The minimum Gasteiger partial charge on any atom is -0.483 e. The number of aromatic nitrogens is 1. The fourth-order valence-corrected chi connectivity index (χ4v) is 6.21. The number of fused-ring (bicyclic) bond motifs is 4. The maximum absolute atomic E-state index is 14.1. The third-order valence-corrected chi connectivity index (χ3v) is 8.16. The predicted molar refractivity (Wildman–Crippen MR) is 142 cm³/mol. The predicted octanol–water partition coefficient (Wildman–Crippen LogP) is 3.43. The number of ether oxygens (including phenoxy) is 1. The van der Waals surface area contributed by atoms with E-state index in [2.05, 4.69) is 10.2 Å². The standard InChI is InChI=1S/C30H30F2N4O4/c31-21-10-9-20(23(32)15-21)16-33-29(38)24-8-4-7-22-11-14-35-26(36(22)24)17-34-13-12-25(37)28(27(34)30(35)39)40-18-19-5-2-1-3-6-19/h1-3,5-6,9-10,12-13,15,22,24,26H,4,7-8,11,14,16-18H2,(H,33,38)/t22-,24?,26+/m1/s1. The number of carbonyl (C=O) groups is 2. The third kappa shape index (κ3) is 4.88. The summed E-state index contributed by atoms with van der Waals surface area (Å²) in [5.41, 5.74) is 0.959. The van der Waals surface area contributed by atoms with Crippen molar-refractivity contribution in [1.82, 2.24) is 19.7 Å². The highest BCUT2D eigenvalue weighted by Crippen LogP contribution is 2.36. The first-order valence-corrected chi connectivity index (χ1v) is 13.6. The van der Waals surface area contributed by atoms with Crippen molar-refractivity contribution in [3.05, 3.63) is 99.5 Å². The molecule has 208 valence electrons. The monoisotopic (exact) mass is 548 g/mol. The molecule has 3 aliphatic rings. The van der Waals surface area contributed by atoms with Gasteiger partial charge in [-0.1, -0.05) is 36.4 Å². The number of carbonyl (C=O) groups excluding carboxylic acids is 2. The van der Waals surface area contributed by atoms with Gasteiger partial charge in [-0.3, -0.25) is 19.3 Å². The summed E-state index contributed by atoms with van der Waals surface area (Å²) in [6.07, 6.45) is 4.33. The van der Waals surface area contributed by atoms with Gasteiger partial charge in [0, 0.05) is 43.0 Å². The van der Waals surface area contributed by atoms with Crippen molar-refractivity contribution >= 4 is 11.8 Å². The van der Waals surface area contributed by atoms with Gasteiger partial charge in [0.25, 0.3) is 5.91 Å². The van der Waals surface area contributed by atoms with E-state index in [4.69, 9.17) is 4.74 Å².